The number of aliphatic hydroxyl groups is 1. The van der Waals surface area contributed by atoms with Crippen LogP contribution in [0.1, 0.15) is 50.5 Å². The van der Waals surface area contributed by atoms with Gasteiger partial charge in [-0.05, 0) is 68.4 Å². The van der Waals surface area contributed by atoms with Gasteiger partial charge in [0, 0.05) is 17.4 Å². The predicted molar refractivity (Wildman–Crippen MR) is 108 cm³/mol. The molecule has 1 amide bonds. The van der Waals surface area contributed by atoms with Crippen molar-refractivity contribution in [2.75, 3.05) is 19.8 Å². The Balaban J connectivity index is 1.38. The van der Waals surface area contributed by atoms with Crippen LogP contribution in [0.4, 0.5) is 4.39 Å². The van der Waals surface area contributed by atoms with Crippen molar-refractivity contribution in [3.63, 3.8) is 0 Å². The minimum Gasteiger partial charge on any atom is -0.390 e. The maximum Gasteiger partial charge on any atom is 0.226 e. The first kappa shape index (κ1) is 18.3. The highest BCUT2D eigenvalue weighted by molar-refractivity contribution is 5.85. The highest BCUT2D eigenvalue weighted by Crippen LogP contribution is 2.88. The molecule has 1 heterocycles. The third-order valence-electron chi connectivity index (χ3n) is 9.68. The summed E-state index contributed by atoms with van der Waals surface area (Å²) >= 11 is 0. The van der Waals surface area contributed by atoms with Gasteiger partial charge in [0.2, 0.25) is 5.91 Å². The van der Waals surface area contributed by atoms with Crippen molar-refractivity contribution in [2.45, 2.75) is 62.5 Å². The highest BCUT2D eigenvalue weighted by atomic mass is 19.1. The molecule has 4 nitrogen and oxygen atoms in total. The summed E-state index contributed by atoms with van der Waals surface area (Å²) in [5.41, 5.74) is 0.554. The van der Waals surface area contributed by atoms with Crippen molar-refractivity contribution in [1.29, 1.82) is 0 Å². The maximum atomic E-state index is 14.5. The molecular formula is C24H31FN2O2. The lowest BCUT2D eigenvalue weighted by atomic mass is 9.37. The summed E-state index contributed by atoms with van der Waals surface area (Å²) in [6.45, 7) is 1.10. The van der Waals surface area contributed by atoms with Crippen LogP contribution in [0.15, 0.2) is 30.3 Å². The van der Waals surface area contributed by atoms with Crippen molar-refractivity contribution in [3.05, 3.63) is 35.9 Å². The van der Waals surface area contributed by atoms with Crippen molar-refractivity contribution < 1.29 is 14.3 Å². The molecule has 156 valence electrons. The second-order valence-corrected chi connectivity index (χ2v) is 10.9. The van der Waals surface area contributed by atoms with E-state index in [1.165, 1.54) is 5.56 Å². The van der Waals surface area contributed by atoms with Gasteiger partial charge in [0.05, 0.1) is 24.2 Å². The smallest absolute Gasteiger partial charge is 0.226 e. The lowest BCUT2D eigenvalue weighted by molar-refractivity contribution is -0.142. The molecule has 1 saturated heterocycles. The normalized spacial score (nSPS) is 49.5. The van der Waals surface area contributed by atoms with Crippen molar-refractivity contribution in [2.24, 2.45) is 22.2 Å². The number of carbonyl (C=O) groups is 1. The van der Waals surface area contributed by atoms with E-state index in [1.54, 1.807) is 0 Å². The van der Waals surface area contributed by atoms with Gasteiger partial charge in [0.1, 0.15) is 0 Å². The fourth-order valence-electron chi connectivity index (χ4n) is 8.89. The summed E-state index contributed by atoms with van der Waals surface area (Å²) in [6.07, 6.45) is 5.70. The molecule has 1 aromatic rings. The highest BCUT2D eigenvalue weighted by Gasteiger charge is 2.85. The van der Waals surface area contributed by atoms with E-state index >= 15 is 0 Å². The van der Waals surface area contributed by atoms with Gasteiger partial charge in [0.25, 0.3) is 0 Å². The monoisotopic (exact) mass is 398 g/mol. The molecule has 3 unspecified atom stereocenters. The molecule has 3 N–H and O–H groups in total. The quantitative estimate of drug-likeness (QED) is 0.731. The van der Waals surface area contributed by atoms with E-state index in [-0.39, 0.29) is 34.9 Å². The zero-order valence-corrected chi connectivity index (χ0v) is 16.9. The number of β-amino-alcohol motifs (C(OH)–C–C–N with tert-alkyl or cyclic N) is 1. The Kier molecular flexibility index (Phi) is 3.68. The standard InChI is InChI=1S/C24H31FN2O2/c25-15-22-9-16-8-21(20(29)27-18-6-7-26-11-19(18)28)12-23(14-22,24(22,10-16)13-21)17-4-2-1-3-5-17/h1-5,16,18-19,26,28H,6-15H2,(H,27,29)/t16?,18-,19-,21?,22-,23-,24?/m1/s1. The van der Waals surface area contributed by atoms with E-state index in [4.69, 9.17) is 0 Å². The number of alkyl halides is 1. The average molecular weight is 399 g/mol. The van der Waals surface area contributed by atoms with Crippen molar-refractivity contribution in [3.8, 4) is 0 Å². The third-order valence-corrected chi connectivity index (χ3v) is 9.68. The molecule has 0 radical (unpaired) electrons. The van der Waals surface area contributed by atoms with Crippen LogP contribution in [0.25, 0.3) is 0 Å². The van der Waals surface area contributed by atoms with Gasteiger partial charge in [-0.1, -0.05) is 30.3 Å². The molecule has 29 heavy (non-hydrogen) atoms. The number of fused-ring (bicyclic) bond motifs is 2. The molecule has 6 rings (SSSR count). The summed E-state index contributed by atoms with van der Waals surface area (Å²) in [7, 11) is 0. The molecule has 5 aliphatic rings. The largest absolute Gasteiger partial charge is 0.390 e. The Morgan fingerprint density at radius 1 is 1.17 bits per heavy atom. The van der Waals surface area contributed by atoms with Gasteiger partial charge in [-0.15, -0.1) is 0 Å². The molecule has 1 aromatic carbocycles. The Morgan fingerprint density at radius 3 is 2.76 bits per heavy atom. The van der Waals surface area contributed by atoms with E-state index in [1.807, 2.05) is 6.07 Å². The molecule has 7 atom stereocenters. The van der Waals surface area contributed by atoms with Gasteiger partial charge in [-0.3, -0.25) is 9.18 Å². The number of hydrogen-bond donors (Lipinski definition) is 3. The molecule has 1 aliphatic heterocycles. The number of rotatable bonds is 4. The fourth-order valence-corrected chi connectivity index (χ4v) is 8.89. The number of benzene rings is 1. The Morgan fingerprint density at radius 2 is 2.00 bits per heavy atom. The zero-order chi connectivity index (χ0) is 19.9. The first-order chi connectivity index (χ1) is 14.0. The van der Waals surface area contributed by atoms with Crippen LogP contribution < -0.4 is 10.6 Å². The SMILES string of the molecule is O=C(N[C@@H]1CCNC[C@H]1O)C12CC3CC4(C1)[C@](CF)(C3)C[C@@]4(c1ccccc1)C2. The minimum absolute atomic E-state index is 0.0598. The summed E-state index contributed by atoms with van der Waals surface area (Å²) in [4.78, 5) is 13.7. The van der Waals surface area contributed by atoms with Gasteiger partial charge < -0.3 is 15.7 Å². The van der Waals surface area contributed by atoms with Gasteiger partial charge in [-0.25, -0.2) is 0 Å². The number of aliphatic hydroxyl groups excluding tert-OH is 1. The van der Waals surface area contributed by atoms with Crippen LogP contribution in [0.2, 0.25) is 0 Å². The number of halogens is 1. The van der Waals surface area contributed by atoms with Crippen molar-refractivity contribution >= 4 is 5.91 Å². The lowest BCUT2D eigenvalue weighted by Crippen LogP contribution is -2.63. The Labute approximate surface area is 171 Å². The van der Waals surface area contributed by atoms with Gasteiger partial charge in [0.15, 0.2) is 0 Å². The van der Waals surface area contributed by atoms with Crippen LogP contribution in [0, 0.1) is 22.2 Å². The molecule has 5 fully saturated rings. The molecule has 5 heteroatoms. The minimum atomic E-state index is -0.534. The molecule has 4 aliphatic carbocycles. The lowest BCUT2D eigenvalue weighted by Gasteiger charge is -2.66. The van der Waals surface area contributed by atoms with Gasteiger partial charge in [-0.2, -0.15) is 0 Å². The second-order valence-electron chi connectivity index (χ2n) is 10.9. The number of amides is 1. The topological polar surface area (TPSA) is 61.4 Å². The number of hydrogen-bond acceptors (Lipinski definition) is 3. The zero-order valence-electron chi connectivity index (χ0n) is 16.9. The van der Waals surface area contributed by atoms with E-state index in [9.17, 15) is 14.3 Å². The van der Waals surface area contributed by atoms with Crippen LogP contribution in [0.3, 0.4) is 0 Å². The van der Waals surface area contributed by atoms with Crippen LogP contribution in [-0.4, -0.2) is 42.9 Å². The average Bonchev–Trinajstić information content (AvgIpc) is 3.03. The van der Waals surface area contributed by atoms with Crippen LogP contribution in [0.5, 0.6) is 0 Å². The predicted octanol–water partition coefficient (Wildman–Crippen LogP) is 2.70. The second kappa shape index (κ2) is 5.82. The number of nitrogens with one attached hydrogen (secondary N) is 2. The van der Waals surface area contributed by atoms with Gasteiger partial charge >= 0.3 is 0 Å². The van der Waals surface area contributed by atoms with E-state index < -0.39 is 11.5 Å². The van der Waals surface area contributed by atoms with Crippen LogP contribution in [-0.2, 0) is 10.2 Å². The first-order valence-corrected chi connectivity index (χ1v) is 11.3. The van der Waals surface area contributed by atoms with E-state index in [2.05, 4.69) is 34.9 Å². The summed E-state index contributed by atoms with van der Waals surface area (Å²) in [5.74, 6) is 0.572. The molecule has 4 saturated carbocycles. The number of piperidine rings is 1. The molecule has 0 aromatic heterocycles. The van der Waals surface area contributed by atoms with E-state index in [0.717, 1.165) is 51.5 Å². The molecular weight excluding hydrogens is 367 g/mol. The molecule has 3 bridgehead atoms. The Bertz CT molecular complexity index is 849. The summed E-state index contributed by atoms with van der Waals surface area (Å²) < 4.78 is 14.5. The first-order valence-electron chi connectivity index (χ1n) is 11.3. The third kappa shape index (κ3) is 2.09. The summed E-state index contributed by atoms with van der Waals surface area (Å²) in [5, 5.41) is 16.8. The van der Waals surface area contributed by atoms with E-state index in [0.29, 0.717) is 12.5 Å². The molecule has 1 spiro atoms. The van der Waals surface area contributed by atoms with Crippen molar-refractivity contribution in [1.82, 2.24) is 10.6 Å². The summed E-state index contributed by atoms with van der Waals surface area (Å²) in [6, 6.07) is 10.4. The Hall–Kier alpha value is -1.46. The maximum absolute atomic E-state index is 14.5. The fraction of sp³-hybridized carbons (Fsp3) is 0.708. The van der Waals surface area contributed by atoms with Crippen LogP contribution >= 0.6 is 0 Å². The number of carbonyl (C=O) groups excluding carboxylic acids is 1.